The Kier molecular flexibility index (Phi) is 5.03. The van der Waals surface area contributed by atoms with E-state index >= 15 is 0 Å². The molecule has 120 valence electrons. The first-order valence-corrected chi connectivity index (χ1v) is 7.76. The molecule has 1 heterocycles. The van der Waals surface area contributed by atoms with Gasteiger partial charge in [-0.3, -0.25) is 4.79 Å². The second-order valence-corrected chi connectivity index (χ2v) is 5.54. The zero-order chi connectivity index (χ0) is 16.8. The van der Waals surface area contributed by atoms with Crippen molar-refractivity contribution in [2.45, 2.75) is 6.42 Å². The molecule has 5 nitrogen and oxygen atoms in total. The van der Waals surface area contributed by atoms with E-state index in [-0.39, 0.29) is 12.3 Å². The van der Waals surface area contributed by atoms with Gasteiger partial charge in [-0.1, -0.05) is 48.0 Å². The zero-order valence-electron chi connectivity index (χ0n) is 12.7. The predicted octanol–water partition coefficient (Wildman–Crippen LogP) is 4.05. The number of para-hydroxylation sites is 1. The smallest absolute Gasteiger partial charge is 0.228 e. The number of carbonyl (C=O) groups is 1. The molecule has 0 radical (unpaired) electrons. The van der Waals surface area contributed by atoms with Gasteiger partial charge in [0.2, 0.25) is 5.91 Å². The number of amides is 1. The van der Waals surface area contributed by atoms with Crippen molar-refractivity contribution in [3.8, 4) is 0 Å². The van der Waals surface area contributed by atoms with Crippen molar-refractivity contribution < 1.29 is 4.79 Å². The highest BCUT2D eigenvalue weighted by molar-refractivity contribution is 6.31. The van der Waals surface area contributed by atoms with Gasteiger partial charge in [0.05, 0.1) is 18.3 Å². The van der Waals surface area contributed by atoms with Crippen LogP contribution in [-0.2, 0) is 11.2 Å². The molecular weight excluding hydrogens is 324 g/mol. The molecule has 2 N–H and O–H groups in total. The maximum Gasteiger partial charge on any atom is 0.228 e. The van der Waals surface area contributed by atoms with Gasteiger partial charge in [-0.2, -0.15) is 5.10 Å². The van der Waals surface area contributed by atoms with Gasteiger partial charge >= 0.3 is 0 Å². The van der Waals surface area contributed by atoms with Crippen LogP contribution in [0.2, 0.25) is 5.02 Å². The van der Waals surface area contributed by atoms with Crippen LogP contribution in [0.5, 0.6) is 0 Å². The summed E-state index contributed by atoms with van der Waals surface area (Å²) in [6.45, 7) is 0. The number of nitrogens with zero attached hydrogens (tertiary/aromatic N) is 2. The monoisotopic (exact) mass is 338 g/mol. The van der Waals surface area contributed by atoms with E-state index in [9.17, 15) is 4.79 Å². The number of hydrogen-bond acceptors (Lipinski definition) is 4. The summed E-state index contributed by atoms with van der Waals surface area (Å²) in [6.07, 6.45) is 1.70. The Balaban J connectivity index is 1.66. The minimum atomic E-state index is -0.165. The minimum absolute atomic E-state index is 0.165. The lowest BCUT2D eigenvalue weighted by Gasteiger charge is -2.08. The fourth-order valence-corrected chi connectivity index (χ4v) is 2.39. The number of aromatic nitrogens is 2. The maximum atomic E-state index is 12.2. The summed E-state index contributed by atoms with van der Waals surface area (Å²) in [4.78, 5) is 12.2. The molecule has 0 aliphatic rings. The average molecular weight is 339 g/mol. The van der Waals surface area contributed by atoms with Gasteiger partial charge < -0.3 is 10.6 Å². The molecule has 1 amide bonds. The lowest BCUT2D eigenvalue weighted by Crippen LogP contribution is -2.15. The maximum absolute atomic E-state index is 12.2. The summed E-state index contributed by atoms with van der Waals surface area (Å²) in [7, 11) is 0. The number of nitrogens with one attached hydrogen (secondary N) is 2. The van der Waals surface area contributed by atoms with Gasteiger partial charge in [-0.05, 0) is 23.8 Å². The molecule has 0 fully saturated rings. The molecule has 24 heavy (non-hydrogen) atoms. The van der Waals surface area contributed by atoms with E-state index < -0.39 is 0 Å². The van der Waals surface area contributed by atoms with Crippen molar-refractivity contribution in [3.63, 3.8) is 0 Å². The topological polar surface area (TPSA) is 66.9 Å². The van der Waals surface area contributed by atoms with E-state index in [0.29, 0.717) is 16.5 Å². The van der Waals surface area contributed by atoms with Crippen LogP contribution in [0.15, 0.2) is 66.9 Å². The molecule has 6 heteroatoms. The van der Waals surface area contributed by atoms with E-state index in [1.165, 1.54) is 6.20 Å². The number of anilines is 3. The van der Waals surface area contributed by atoms with Gasteiger partial charge in [0.15, 0.2) is 5.82 Å². The summed E-state index contributed by atoms with van der Waals surface area (Å²) in [5.74, 6) is 0.388. The largest absolute Gasteiger partial charge is 0.339 e. The van der Waals surface area contributed by atoms with Gasteiger partial charge in [0.1, 0.15) is 0 Å². The minimum Gasteiger partial charge on any atom is -0.339 e. The Labute approximate surface area is 144 Å². The molecule has 0 spiro atoms. The first kappa shape index (κ1) is 16.0. The quantitative estimate of drug-likeness (QED) is 0.736. The summed E-state index contributed by atoms with van der Waals surface area (Å²) in [6, 6.07) is 18.6. The molecule has 3 aromatic rings. The Morgan fingerprint density at radius 2 is 1.75 bits per heavy atom. The lowest BCUT2D eigenvalue weighted by atomic mass is 10.1. The highest BCUT2D eigenvalue weighted by Gasteiger charge is 2.08. The first-order chi connectivity index (χ1) is 11.7. The Morgan fingerprint density at radius 1 is 1.00 bits per heavy atom. The highest BCUT2D eigenvalue weighted by atomic mass is 35.5. The van der Waals surface area contributed by atoms with Crippen molar-refractivity contribution >= 4 is 34.7 Å². The molecule has 0 aliphatic carbocycles. The van der Waals surface area contributed by atoms with Crippen molar-refractivity contribution in [1.29, 1.82) is 0 Å². The normalized spacial score (nSPS) is 10.2. The van der Waals surface area contributed by atoms with Crippen LogP contribution in [0.25, 0.3) is 0 Å². The summed E-state index contributed by atoms with van der Waals surface area (Å²) < 4.78 is 0. The number of halogens is 1. The van der Waals surface area contributed by atoms with E-state index in [0.717, 1.165) is 11.3 Å². The Hall–Kier alpha value is -2.92. The molecule has 3 rings (SSSR count). The van der Waals surface area contributed by atoms with Crippen LogP contribution < -0.4 is 10.6 Å². The van der Waals surface area contributed by atoms with Crippen LogP contribution in [0, 0.1) is 0 Å². The molecule has 1 aromatic heterocycles. The third-order valence-corrected chi connectivity index (χ3v) is 3.66. The molecule has 0 aliphatic heterocycles. The predicted molar refractivity (Wildman–Crippen MR) is 95.5 cm³/mol. The molecule has 0 atom stereocenters. The molecule has 0 bridgehead atoms. The van der Waals surface area contributed by atoms with Crippen LogP contribution >= 0.6 is 11.6 Å². The van der Waals surface area contributed by atoms with Crippen molar-refractivity contribution in [2.75, 3.05) is 10.6 Å². The number of benzene rings is 2. The first-order valence-electron chi connectivity index (χ1n) is 7.39. The van der Waals surface area contributed by atoms with E-state index in [4.69, 9.17) is 11.6 Å². The highest BCUT2D eigenvalue weighted by Crippen LogP contribution is 2.18. The van der Waals surface area contributed by atoms with Gasteiger partial charge in [-0.15, -0.1) is 5.10 Å². The summed E-state index contributed by atoms with van der Waals surface area (Å²) in [5, 5.41) is 14.4. The SMILES string of the molecule is O=C(Cc1ccccc1Cl)Nc1cnnc(Nc2ccccc2)c1. The van der Waals surface area contributed by atoms with Crippen molar-refractivity contribution in [3.05, 3.63) is 77.4 Å². The van der Waals surface area contributed by atoms with Crippen LogP contribution in [0.4, 0.5) is 17.2 Å². The van der Waals surface area contributed by atoms with Crippen LogP contribution in [-0.4, -0.2) is 16.1 Å². The number of rotatable bonds is 5. The Bertz CT molecular complexity index is 839. The van der Waals surface area contributed by atoms with E-state index in [2.05, 4.69) is 20.8 Å². The van der Waals surface area contributed by atoms with E-state index in [1.807, 2.05) is 48.5 Å². The fraction of sp³-hybridized carbons (Fsp3) is 0.0556. The zero-order valence-corrected chi connectivity index (χ0v) is 13.5. The molecule has 0 saturated heterocycles. The molecule has 0 unspecified atom stereocenters. The molecule has 0 saturated carbocycles. The second kappa shape index (κ2) is 7.57. The van der Waals surface area contributed by atoms with Gasteiger partial charge in [0.25, 0.3) is 0 Å². The summed E-state index contributed by atoms with van der Waals surface area (Å²) >= 11 is 6.07. The van der Waals surface area contributed by atoms with Crippen molar-refractivity contribution in [2.24, 2.45) is 0 Å². The van der Waals surface area contributed by atoms with Crippen molar-refractivity contribution in [1.82, 2.24) is 10.2 Å². The van der Waals surface area contributed by atoms with Gasteiger partial charge in [0, 0.05) is 16.8 Å². The van der Waals surface area contributed by atoms with Crippen LogP contribution in [0.3, 0.4) is 0 Å². The number of hydrogen-bond donors (Lipinski definition) is 2. The Morgan fingerprint density at radius 3 is 2.54 bits per heavy atom. The second-order valence-electron chi connectivity index (χ2n) is 5.14. The number of carbonyl (C=O) groups excluding carboxylic acids is 1. The lowest BCUT2D eigenvalue weighted by molar-refractivity contribution is -0.115. The molecular formula is C18H15ClN4O. The van der Waals surface area contributed by atoms with E-state index in [1.54, 1.807) is 12.1 Å². The standard InChI is InChI=1S/C18H15ClN4O/c19-16-9-5-4-6-13(16)10-18(24)22-15-11-17(23-20-12-15)21-14-7-2-1-3-8-14/h1-9,11-12H,10H2,(H2,21,22,23,24). The average Bonchev–Trinajstić information content (AvgIpc) is 2.58. The summed E-state index contributed by atoms with van der Waals surface area (Å²) in [5.41, 5.74) is 2.24. The fourth-order valence-electron chi connectivity index (χ4n) is 2.19. The van der Waals surface area contributed by atoms with Gasteiger partial charge in [-0.25, -0.2) is 0 Å². The molecule has 2 aromatic carbocycles. The third-order valence-electron chi connectivity index (χ3n) is 3.29. The van der Waals surface area contributed by atoms with Crippen LogP contribution in [0.1, 0.15) is 5.56 Å². The third kappa shape index (κ3) is 4.30.